The van der Waals surface area contributed by atoms with Crippen LogP contribution in [0.25, 0.3) is 0 Å². The van der Waals surface area contributed by atoms with Crippen LogP contribution in [0.4, 0.5) is 0 Å². The van der Waals surface area contributed by atoms with E-state index in [1.54, 1.807) is 24.3 Å². The Morgan fingerprint density at radius 2 is 1.65 bits per heavy atom. The summed E-state index contributed by atoms with van der Waals surface area (Å²) in [6, 6.07) is 14.4. The van der Waals surface area contributed by atoms with E-state index in [9.17, 15) is 13.2 Å². The van der Waals surface area contributed by atoms with E-state index in [-0.39, 0.29) is 16.4 Å². The molecule has 0 aliphatic carbocycles. The summed E-state index contributed by atoms with van der Waals surface area (Å²) in [4.78, 5) is 13.2. The second-order valence-corrected chi connectivity index (χ2v) is 8.71. The molecule has 0 heterocycles. The summed E-state index contributed by atoms with van der Waals surface area (Å²) in [7, 11) is -3.29. The van der Waals surface area contributed by atoms with Crippen LogP contribution < -0.4 is 0 Å². The Morgan fingerprint density at radius 1 is 1.04 bits per heavy atom. The van der Waals surface area contributed by atoms with Gasteiger partial charge in [0.25, 0.3) is 0 Å². The summed E-state index contributed by atoms with van der Waals surface area (Å²) >= 11 is 1.26. The van der Waals surface area contributed by atoms with Crippen LogP contribution in [0.15, 0.2) is 58.3 Å². The summed E-state index contributed by atoms with van der Waals surface area (Å²) in [5.74, 6) is 0.636. The van der Waals surface area contributed by atoms with Crippen molar-refractivity contribution in [1.29, 1.82) is 0 Å². The molecule has 0 saturated carbocycles. The molecule has 0 spiro atoms. The fourth-order valence-corrected chi connectivity index (χ4v) is 4.38. The molecule has 2 rings (SSSR count). The van der Waals surface area contributed by atoms with Gasteiger partial charge in [0.2, 0.25) is 0 Å². The van der Waals surface area contributed by atoms with Crippen LogP contribution in [0.1, 0.15) is 35.7 Å². The van der Waals surface area contributed by atoms with Gasteiger partial charge in [-0.05, 0) is 23.6 Å². The fraction of sp³-hybridized carbons (Fsp3) is 0.278. The van der Waals surface area contributed by atoms with E-state index in [0.717, 1.165) is 0 Å². The normalized spacial score (nSPS) is 11.7. The molecule has 0 radical (unpaired) electrons. The fourth-order valence-electron chi connectivity index (χ4n) is 2.16. The van der Waals surface area contributed by atoms with Crippen molar-refractivity contribution in [2.24, 2.45) is 0 Å². The topological polar surface area (TPSA) is 51.2 Å². The van der Waals surface area contributed by atoms with E-state index in [0.29, 0.717) is 16.4 Å². The lowest BCUT2D eigenvalue weighted by Crippen LogP contribution is -2.04. The van der Waals surface area contributed by atoms with Crippen LogP contribution in [0.5, 0.6) is 0 Å². The Hall–Kier alpha value is -1.59. The van der Waals surface area contributed by atoms with Crippen LogP contribution in [-0.4, -0.2) is 26.2 Å². The standard InChI is InChI=1S/C18H20O3S2/c1-13(2)14-8-10-15(11-9-14)16(19)12-22-17-6-4-5-7-18(17)23(3,20)21/h4-11,13H,12H2,1-3H3. The summed E-state index contributed by atoms with van der Waals surface area (Å²) in [5.41, 5.74) is 1.84. The van der Waals surface area contributed by atoms with E-state index in [2.05, 4.69) is 13.8 Å². The zero-order valence-electron chi connectivity index (χ0n) is 13.4. The Morgan fingerprint density at radius 3 is 2.22 bits per heavy atom. The number of sulfone groups is 1. The van der Waals surface area contributed by atoms with Crippen LogP contribution in [-0.2, 0) is 9.84 Å². The molecule has 0 amide bonds. The van der Waals surface area contributed by atoms with Gasteiger partial charge >= 0.3 is 0 Å². The molecule has 0 N–H and O–H groups in total. The van der Waals surface area contributed by atoms with Gasteiger partial charge in [0.15, 0.2) is 15.6 Å². The predicted molar refractivity (Wildman–Crippen MR) is 95.1 cm³/mol. The SMILES string of the molecule is CC(C)c1ccc(C(=O)CSc2ccccc2S(C)(=O)=O)cc1. The molecule has 0 atom stereocenters. The number of carbonyl (C=O) groups excluding carboxylic acids is 1. The number of rotatable bonds is 6. The summed E-state index contributed by atoms with van der Waals surface area (Å²) in [6.07, 6.45) is 1.18. The third kappa shape index (κ3) is 4.69. The van der Waals surface area contributed by atoms with Crippen LogP contribution >= 0.6 is 11.8 Å². The minimum absolute atomic E-state index is 0.00592. The van der Waals surface area contributed by atoms with Gasteiger partial charge in [0.1, 0.15) is 0 Å². The molecule has 0 fully saturated rings. The van der Waals surface area contributed by atoms with Crippen molar-refractivity contribution >= 4 is 27.4 Å². The maximum atomic E-state index is 12.3. The third-order valence-electron chi connectivity index (χ3n) is 3.51. The molecule has 0 aliphatic rings. The molecule has 122 valence electrons. The lowest BCUT2D eigenvalue weighted by atomic mass is 10.0. The highest BCUT2D eigenvalue weighted by Gasteiger charge is 2.14. The summed E-state index contributed by atoms with van der Waals surface area (Å²) in [6.45, 7) is 4.21. The van der Waals surface area contributed by atoms with E-state index in [1.165, 1.54) is 23.6 Å². The molecule has 0 saturated heterocycles. The number of Topliss-reactive ketones (excluding diaryl/α,β-unsaturated/α-hetero) is 1. The molecular formula is C18H20O3S2. The van der Waals surface area contributed by atoms with Crippen LogP contribution in [0, 0.1) is 0 Å². The van der Waals surface area contributed by atoms with Gasteiger partial charge in [0, 0.05) is 16.7 Å². The molecule has 0 bridgehead atoms. The summed E-state index contributed by atoms with van der Waals surface area (Å²) < 4.78 is 23.5. The molecule has 2 aromatic carbocycles. The van der Waals surface area contributed by atoms with E-state index >= 15 is 0 Å². The maximum absolute atomic E-state index is 12.3. The van der Waals surface area contributed by atoms with Crippen molar-refractivity contribution < 1.29 is 13.2 Å². The van der Waals surface area contributed by atoms with E-state index in [1.807, 2.05) is 24.3 Å². The minimum atomic E-state index is -3.29. The van der Waals surface area contributed by atoms with Crippen molar-refractivity contribution in [2.45, 2.75) is 29.6 Å². The van der Waals surface area contributed by atoms with Gasteiger partial charge < -0.3 is 0 Å². The van der Waals surface area contributed by atoms with Crippen molar-refractivity contribution in [3.63, 3.8) is 0 Å². The highest BCUT2D eigenvalue weighted by Crippen LogP contribution is 2.27. The molecule has 5 heteroatoms. The maximum Gasteiger partial charge on any atom is 0.176 e. The van der Waals surface area contributed by atoms with E-state index < -0.39 is 9.84 Å². The molecule has 3 nitrogen and oxygen atoms in total. The Labute approximate surface area is 142 Å². The highest BCUT2D eigenvalue weighted by molar-refractivity contribution is 8.00. The third-order valence-corrected chi connectivity index (χ3v) is 5.86. The van der Waals surface area contributed by atoms with Gasteiger partial charge in [0.05, 0.1) is 10.6 Å². The Kier molecular flexibility index (Phi) is 5.65. The smallest absolute Gasteiger partial charge is 0.176 e. The van der Waals surface area contributed by atoms with Gasteiger partial charge in [-0.25, -0.2) is 8.42 Å². The van der Waals surface area contributed by atoms with E-state index in [4.69, 9.17) is 0 Å². The first-order valence-electron chi connectivity index (χ1n) is 7.34. The van der Waals surface area contributed by atoms with Crippen LogP contribution in [0.3, 0.4) is 0 Å². The number of ketones is 1. The molecule has 23 heavy (non-hydrogen) atoms. The zero-order valence-corrected chi connectivity index (χ0v) is 15.1. The molecule has 0 aliphatic heterocycles. The highest BCUT2D eigenvalue weighted by atomic mass is 32.2. The average Bonchev–Trinajstić information content (AvgIpc) is 2.52. The van der Waals surface area contributed by atoms with Gasteiger partial charge in [-0.2, -0.15) is 0 Å². The monoisotopic (exact) mass is 348 g/mol. The van der Waals surface area contributed by atoms with Crippen LogP contribution in [0.2, 0.25) is 0 Å². The molecule has 0 aromatic heterocycles. The molecular weight excluding hydrogens is 328 g/mol. The number of thioether (sulfide) groups is 1. The molecule has 0 unspecified atom stereocenters. The Bertz CT molecular complexity index is 791. The van der Waals surface area contributed by atoms with Crippen molar-refractivity contribution in [2.75, 3.05) is 12.0 Å². The average molecular weight is 348 g/mol. The first-order chi connectivity index (χ1) is 10.8. The largest absolute Gasteiger partial charge is 0.293 e. The second kappa shape index (κ2) is 7.32. The zero-order chi connectivity index (χ0) is 17.0. The van der Waals surface area contributed by atoms with Gasteiger partial charge in [-0.15, -0.1) is 11.8 Å². The first kappa shape index (κ1) is 17.8. The number of hydrogen-bond acceptors (Lipinski definition) is 4. The number of benzene rings is 2. The van der Waals surface area contributed by atoms with Gasteiger partial charge in [-0.1, -0.05) is 50.2 Å². The first-order valence-corrected chi connectivity index (χ1v) is 10.2. The Balaban J connectivity index is 2.11. The molecule has 2 aromatic rings. The predicted octanol–water partition coefficient (Wildman–Crippen LogP) is 4.19. The lowest BCUT2D eigenvalue weighted by molar-refractivity contribution is 0.102. The second-order valence-electron chi connectivity index (χ2n) is 5.71. The summed E-state index contributed by atoms with van der Waals surface area (Å²) in [5, 5.41) is 0. The number of hydrogen-bond donors (Lipinski definition) is 0. The number of carbonyl (C=O) groups is 1. The van der Waals surface area contributed by atoms with Crippen molar-refractivity contribution in [3.05, 3.63) is 59.7 Å². The minimum Gasteiger partial charge on any atom is -0.293 e. The quantitative estimate of drug-likeness (QED) is 0.580. The van der Waals surface area contributed by atoms with Crippen molar-refractivity contribution in [3.8, 4) is 0 Å². The van der Waals surface area contributed by atoms with Crippen molar-refractivity contribution in [1.82, 2.24) is 0 Å². The van der Waals surface area contributed by atoms with Gasteiger partial charge in [-0.3, -0.25) is 4.79 Å². The lowest BCUT2D eigenvalue weighted by Gasteiger charge is -2.08.